The number of anilines is 1. The van der Waals surface area contributed by atoms with Gasteiger partial charge in [-0.25, -0.2) is 4.39 Å². The van der Waals surface area contributed by atoms with Crippen molar-refractivity contribution in [3.05, 3.63) is 63.8 Å². The molecule has 0 aliphatic carbocycles. The third-order valence-electron chi connectivity index (χ3n) is 2.49. The number of benzene rings is 1. The molecule has 0 bridgehead atoms. The highest BCUT2D eigenvalue weighted by Crippen LogP contribution is 2.16. The zero-order valence-electron chi connectivity index (χ0n) is 9.66. The summed E-state index contributed by atoms with van der Waals surface area (Å²) in [6.07, 6.45) is 1.31. The van der Waals surface area contributed by atoms with Crippen LogP contribution >= 0.6 is 0 Å². The van der Waals surface area contributed by atoms with Crippen molar-refractivity contribution in [2.24, 2.45) is 0 Å². The molecule has 0 radical (unpaired) electrons. The van der Waals surface area contributed by atoms with Crippen LogP contribution in [0, 0.1) is 12.7 Å². The summed E-state index contributed by atoms with van der Waals surface area (Å²) in [7, 11) is 0. The number of aryl methyl sites for hydroxylation is 1. The molecule has 2 rings (SSSR count). The number of hydrogen-bond acceptors (Lipinski definition) is 2. The van der Waals surface area contributed by atoms with Crippen molar-refractivity contribution in [2.75, 3.05) is 5.32 Å². The van der Waals surface area contributed by atoms with E-state index in [4.69, 9.17) is 0 Å². The molecule has 0 unspecified atom stereocenters. The molecule has 1 heterocycles. The molecule has 0 spiro atoms. The lowest BCUT2D eigenvalue weighted by Crippen LogP contribution is -2.15. The molecule has 0 saturated heterocycles. The Labute approximate surface area is 102 Å². The second-order valence-electron chi connectivity index (χ2n) is 3.85. The van der Waals surface area contributed by atoms with Crippen molar-refractivity contribution in [1.82, 2.24) is 4.98 Å². The summed E-state index contributed by atoms with van der Waals surface area (Å²) in [6.45, 7) is 1.77. The minimum atomic E-state index is -0.419. The molecule has 1 aromatic heterocycles. The maximum absolute atomic E-state index is 13.1. The summed E-state index contributed by atoms with van der Waals surface area (Å²) in [5.74, 6) is -0.822. The molecule has 0 atom stereocenters. The average molecular weight is 246 g/mol. The number of nitrogens with one attached hydrogen (secondary N) is 2. The van der Waals surface area contributed by atoms with Crippen LogP contribution in [0.3, 0.4) is 0 Å². The van der Waals surface area contributed by atoms with E-state index in [2.05, 4.69) is 10.3 Å². The second kappa shape index (κ2) is 4.83. The Kier molecular flexibility index (Phi) is 3.23. The molecule has 2 aromatic rings. The van der Waals surface area contributed by atoms with E-state index in [0.29, 0.717) is 11.3 Å². The fourth-order valence-electron chi connectivity index (χ4n) is 1.48. The number of hydrogen-bond donors (Lipinski definition) is 2. The van der Waals surface area contributed by atoms with Gasteiger partial charge >= 0.3 is 0 Å². The van der Waals surface area contributed by atoms with Gasteiger partial charge in [0.15, 0.2) is 0 Å². The summed E-state index contributed by atoms with van der Waals surface area (Å²) in [5, 5.41) is 2.59. The Hall–Kier alpha value is -2.43. The van der Waals surface area contributed by atoms with Gasteiger partial charge < -0.3 is 10.3 Å². The van der Waals surface area contributed by atoms with Gasteiger partial charge in [0, 0.05) is 18.0 Å². The van der Waals surface area contributed by atoms with Gasteiger partial charge in [0.05, 0.1) is 5.56 Å². The first-order valence-corrected chi connectivity index (χ1v) is 5.32. The first kappa shape index (κ1) is 12.0. The minimum absolute atomic E-state index is 0.284. The first-order valence-electron chi connectivity index (χ1n) is 5.32. The summed E-state index contributed by atoms with van der Waals surface area (Å²) in [5.41, 5.74) is 1.19. The standard InChI is InChI=1S/C13H11FN2O2/c1-8-2-4-10(14)6-11(8)16-13(18)9-3-5-12(17)15-7-9/h2-7H,1H3,(H,15,17)(H,16,18). The molecule has 1 amide bonds. The Morgan fingerprint density at radius 2 is 2.06 bits per heavy atom. The third kappa shape index (κ3) is 2.63. The van der Waals surface area contributed by atoms with Gasteiger partial charge in [-0.2, -0.15) is 0 Å². The normalized spacial score (nSPS) is 10.1. The molecule has 5 heteroatoms. The van der Waals surface area contributed by atoms with Crippen LogP contribution in [0.25, 0.3) is 0 Å². The highest BCUT2D eigenvalue weighted by atomic mass is 19.1. The second-order valence-corrected chi connectivity index (χ2v) is 3.85. The summed E-state index contributed by atoms with van der Waals surface area (Å²) >= 11 is 0. The molecule has 92 valence electrons. The number of aromatic amines is 1. The molecule has 0 aliphatic rings. The van der Waals surface area contributed by atoms with Crippen LogP contribution in [0.4, 0.5) is 10.1 Å². The zero-order chi connectivity index (χ0) is 13.1. The van der Waals surface area contributed by atoms with Gasteiger partial charge in [-0.3, -0.25) is 9.59 Å². The van der Waals surface area contributed by atoms with Crippen LogP contribution < -0.4 is 10.9 Å². The predicted octanol–water partition coefficient (Wildman–Crippen LogP) is 2.07. The monoisotopic (exact) mass is 246 g/mol. The van der Waals surface area contributed by atoms with Crippen LogP contribution in [-0.4, -0.2) is 10.9 Å². The number of aromatic nitrogens is 1. The van der Waals surface area contributed by atoms with E-state index in [9.17, 15) is 14.0 Å². The van der Waals surface area contributed by atoms with Crippen molar-refractivity contribution in [3.63, 3.8) is 0 Å². The van der Waals surface area contributed by atoms with E-state index < -0.39 is 11.7 Å². The summed E-state index contributed by atoms with van der Waals surface area (Å²) in [4.78, 5) is 25.1. The van der Waals surface area contributed by atoms with Gasteiger partial charge in [0.2, 0.25) is 5.56 Å². The van der Waals surface area contributed by atoms with E-state index in [1.807, 2.05) is 0 Å². The Balaban J connectivity index is 2.23. The molecule has 4 nitrogen and oxygen atoms in total. The van der Waals surface area contributed by atoms with E-state index in [1.165, 1.54) is 30.5 Å². The predicted molar refractivity (Wildman–Crippen MR) is 66.2 cm³/mol. The fraction of sp³-hybridized carbons (Fsp3) is 0.0769. The van der Waals surface area contributed by atoms with Crippen LogP contribution in [0.2, 0.25) is 0 Å². The molecule has 0 fully saturated rings. The van der Waals surface area contributed by atoms with Gasteiger partial charge in [-0.15, -0.1) is 0 Å². The molecule has 2 N–H and O–H groups in total. The lowest BCUT2D eigenvalue weighted by atomic mass is 10.2. The Bertz CT molecular complexity index is 629. The van der Waals surface area contributed by atoms with Gasteiger partial charge in [-0.1, -0.05) is 6.07 Å². The van der Waals surface area contributed by atoms with Crippen LogP contribution in [0.1, 0.15) is 15.9 Å². The number of carbonyl (C=O) groups is 1. The Morgan fingerprint density at radius 3 is 2.72 bits per heavy atom. The maximum Gasteiger partial charge on any atom is 0.257 e. The lowest BCUT2D eigenvalue weighted by Gasteiger charge is -2.08. The zero-order valence-corrected chi connectivity index (χ0v) is 9.66. The number of H-pyrrole nitrogens is 1. The highest BCUT2D eigenvalue weighted by molar-refractivity contribution is 6.04. The fourth-order valence-corrected chi connectivity index (χ4v) is 1.48. The van der Waals surface area contributed by atoms with E-state index in [1.54, 1.807) is 13.0 Å². The minimum Gasteiger partial charge on any atom is -0.328 e. The van der Waals surface area contributed by atoms with Crippen molar-refractivity contribution in [3.8, 4) is 0 Å². The van der Waals surface area contributed by atoms with Gasteiger partial charge in [0.1, 0.15) is 5.82 Å². The molecule has 18 heavy (non-hydrogen) atoms. The SMILES string of the molecule is Cc1ccc(F)cc1NC(=O)c1ccc(=O)[nH]c1. The number of rotatable bonds is 2. The molecular weight excluding hydrogens is 235 g/mol. The largest absolute Gasteiger partial charge is 0.328 e. The number of carbonyl (C=O) groups excluding carboxylic acids is 1. The third-order valence-corrected chi connectivity index (χ3v) is 2.49. The van der Waals surface area contributed by atoms with Gasteiger partial charge in [-0.05, 0) is 30.7 Å². The lowest BCUT2D eigenvalue weighted by molar-refractivity contribution is 0.102. The van der Waals surface area contributed by atoms with Crippen LogP contribution in [0.5, 0.6) is 0 Å². The molecule has 0 aliphatic heterocycles. The maximum atomic E-state index is 13.1. The van der Waals surface area contributed by atoms with Crippen LogP contribution in [-0.2, 0) is 0 Å². The Morgan fingerprint density at radius 1 is 1.28 bits per heavy atom. The quantitative estimate of drug-likeness (QED) is 0.852. The summed E-state index contributed by atoms with van der Waals surface area (Å²) < 4.78 is 13.1. The smallest absolute Gasteiger partial charge is 0.257 e. The van der Waals surface area contributed by atoms with Crippen LogP contribution in [0.15, 0.2) is 41.3 Å². The number of halogens is 1. The van der Waals surface area contributed by atoms with E-state index in [-0.39, 0.29) is 5.56 Å². The number of amides is 1. The summed E-state index contributed by atoms with van der Waals surface area (Å²) in [6, 6.07) is 6.82. The van der Waals surface area contributed by atoms with Crippen molar-refractivity contribution < 1.29 is 9.18 Å². The molecule has 0 saturated carbocycles. The van der Waals surface area contributed by atoms with E-state index in [0.717, 1.165) is 5.56 Å². The number of pyridine rings is 1. The average Bonchev–Trinajstić information content (AvgIpc) is 2.34. The topological polar surface area (TPSA) is 62.0 Å². The van der Waals surface area contributed by atoms with Crippen molar-refractivity contribution >= 4 is 11.6 Å². The van der Waals surface area contributed by atoms with Crippen molar-refractivity contribution in [1.29, 1.82) is 0 Å². The highest BCUT2D eigenvalue weighted by Gasteiger charge is 2.08. The van der Waals surface area contributed by atoms with Crippen molar-refractivity contribution in [2.45, 2.75) is 6.92 Å². The first-order chi connectivity index (χ1) is 8.56. The van der Waals surface area contributed by atoms with Gasteiger partial charge in [0.25, 0.3) is 5.91 Å². The molecular formula is C13H11FN2O2. The van der Waals surface area contributed by atoms with E-state index >= 15 is 0 Å². The molecule has 1 aromatic carbocycles.